The lowest BCUT2D eigenvalue weighted by Crippen LogP contribution is -1.91. The minimum atomic E-state index is 0.415. The molecule has 0 saturated heterocycles. The summed E-state index contributed by atoms with van der Waals surface area (Å²) in [4.78, 5) is 10.6. The van der Waals surface area contributed by atoms with Crippen molar-refractivity contribution in [3.63, 3.8) is 0 Å². The molecule has 2 rings (SSSR count). The molecule has 0 saturated carbocycles. The highest BCUT2D eigenvalue weighted by Crippen LogP contribution is 2.23. The van der Waals surface area contributed by atoms with Gasteiger partial charge in [-0.15, -0.1) is 0 Å². The van der Waals surface area contributed by atoms with E-state index in [-0.39, 0.29) is 0 Å². The predicted octanol–water partition coefficient (Wildman–Crippen LogP) is 1.53. The van der Waals surface area contributed by atoms with E-state index in [1.54, 1.807) is 12.1 Å². The number of benzene rings is 1. The minimum Gasteiger partial charge on any atom is -0.398 e. The van der Waals surface area contributed by atoms with Crippen LogP contribution >= 0.6 is 0 Å². The first-order chi connectivity index (χ1) is 6.22. The lowest BCUT2D eigenvalue weighted by atomic mass is 10.1. The Morgan fingerprint density at radius 2 is 2.31 bits per heavy atom. The molecule has 2 N–H and O–H groups in total. The molecule has 0 fully saturated rings. The quantitative estimate of drug-likeness (QED) is 0.528. The average molecular weight is 176 g/mol. The van der Waals surface area contributed by atoms with Crippen LogP contribution in [0.1, 0.15) is 16.1 Å². The van der Waals surface area contributed by atoms with Gasteiger partial charge in [0.2, 0.25) is 0 Å². The Labute approximate surface area is 74.3 Å². The first kappa shape index (κ1) is 7.79. The van der Waals surface area contributed by atoms with E-state index in [0.717, 1.165) is 17.4 Å². The van der Waals surface area contributed by atoms with E-state index in [1.165, 1.54) is 0 Å². The zero-order valence-electron chi connectivity index (χ0n) is 7.07. The van der Waals surface area contributed by atoms with Crippen molar-refractivity contribution in [3.8, 4) is 0 Å². The number of nitrogens with zero attached hydrogens (tertiary/aromatic N) is 1. The molecule has 4 nitrogen and oxygen atoms in total. The number of carbonyl (C=O) groups is 1. The van der Waals surface area contributed by atoms with Gasteiger partial charge >= 0.3 is 0 Å². The van der Waals surface area contributed by atoms with Crippen LogP contribution in [-0.2, 0) is 0 Å². The first-order valence-corrected chi connectivity index (χ1v) is 3.83. The molecular weight excluding hydrogens is 168 g/mol. The average Bonchev–Trinajstić information content (AvgIpc) is 2.46. The molecule has 0 spiro atoms. The van der Waals surface area contributed by atoms with Gasteiger partial charge in [-0.1, -0.05) is 5.16 Å². The number of nitrogens with two attached hydrogens (primary N) is 1. The van der Waals surface area contributed by atoms with Crippen molar-refractivity contribution in [2.45, 2.75) is 6.92 Å². The number of hydrogen-bond donors (Lipinski definition) is 1. The molecule has 4 heteroatoms. The van der Waals surface area contributed by atoms with Crippen LogP contribution in [0.2, 0.25) is 0 Å². The number of nitrogen functional groups attached to an aromatic ring is 1. The molecule has 0 aliphatic carbocycles. The fourth-order valence-electron chi connectivity index (χ4n) is 1.24. The Bertz CT molecular complexity index is 474. The summed E-state index contributed by atoms with van der Waals surface area (Å²) in [6.45, 7) is 1.82. The lowest BCUT2D eigenvalue weighted by molar-refractivity contribution is 0.112. The van der Waals surface area contributed by atoms with Gasteiger partial charge in [-0.2, -0.15) is 0 Å². The van der Waals surface area contributed by atoms with Gasteiger partial charge in [-0.25, -0.2) is 0 Å². The molecule has 1 aromatic carbocycles. The molecule has 0 amide bonds. The van der Waals surface area contributed by atoms with Gasteiger partial charge in [-0.05, 0) is 13.0 Å². The third kappa shape index (κ3) is 1.07. The van der Waals surface area contributed by atoms with Gasteiger partial charge in [0.1, 0.15) is 0 Å². The fraction of sp³-hybridized carbons (Fsp3) is 0.111. The molecule has 0 atom stereocenters. The largest absolute Gasteiger partial charge is 0.398 e. The topological polar surface area (TPSA) is 69.1 Å². The molecule has 1 heterocycles. The maximum absolute atomic E-state index is 10.6. The monoisotopic (exact) mass is 176 g/mol. The number of aromatic nitrogens is 1. The standard InChI is InChI=1S/C9H8N2O2/c1-5-7-2-6(4-12)8(10)3-9(7)13-11-5/h2-4H,10H2,1H3. The van der Waals surface area contributed by atoms with Gasteiger partial charge in [-0.3, -0.25) is 4.79 Å². The zero-order chi connectivity index (χ0) is 9.42. The highest BCUT2D eigenvalue weighted by molar-refractivity contribution is 5.93. The Morgan fingerprint density at radius 3 is 3.00 bits per heavy atom. The summed E-state index contributed by atoms with van der Waals surface area (Å²) in [6, 6.07) is 3.29. The summed E-state index contributed by atoms with van der Waals surface area (Å²) in [5.41, 5.74) is 7.85. The molecule has 0 radical (unpaired) electrons. The predicted molar refractivity (Wildman–Crippen MR) is 48.5 cm³/mol. The summed E-state index contributed by atoms with van der Waals surface area (Å²) < 4.78 is 4.98. The fourth-order valence-corrected chi connectivity index (χ4v) is 1.24. The molecule has 66 valence electrons. The van der Waals surface area contributed by atoms with Gasteiger partial charge in [0.05, 0.1) is 5.69 Å². The highest BCUT2D eigenvalue weighted by atomic mass is 16.5. The molecule has 0 unspecified atom stereocenters. The van der Waals surface area contributed by atoms with E-state index in [9.17, 15) is 4.79 Å². The van der Waals surface area contributed by atoms with Crippen molar-refractivity contribution in [2.75, 3.05) is 5.73 Å². The van der Waals surface area contributed by atoms with Crippen molar-refractivity contribution < 1.29 is 9.32 Å². The molecule has 2 aromatic rings. The summed E-state index contributed by atoms with van der Waals surface area (Å²) in [5.74, 6) is 0. The van der Waals surface area contributed by atoms with Crippen molar-refractivity contribution in [2.24, 2.45) is 0 Å². The lowest BCUT2D eigenvalue weighted by Gasteiger charge is -1.96. The van der Waals surface area contributed by atoms with Crippen LogP contribution in [0, 0.1) is 6.92 Å². The van der Waals surface area contributed by atoms with Crippen LogP contribution in [0.15, 0.2) is 16.7 Å². The number of fused-ring (bicyclic) bond motifs is 1. The van der Waals surface area contributed by atoms with Crippen molar-refractivity contribution in [1.82, 2.24) is 5.16 Å². The van der Waals surface area contributed by atoms with Crippen molar-refractivity contribution >= 4 is 22.9 Å². The highest BCUT2D eigenvalue weighted by Gasteiger charge is 2.07. The van der Waals surface area contributed by atoms with E-state index in [4.69, 9.17) is 10.3 Å². The third-order valence-corrected chi connectivity index (χ3v) is 1.98. The SMILES string of the molecule is Cc1noc2cc(N)c(C=O)cc12. The third-order valence-electron chi connectivity index (χ3n) is 1.98. The van der Waals surface area contributed by atoms with Crippen LogP contribution in [-0.4, -0.2) is 11.4 Å². The number of aldehydes is 1. The van der Waals surface area contributed by atoms with Crippen molar-refractivity contribution in [1.29, 1.82) is 0 Å². The van der Waals surface area contributed by atoms with E-state index in [2.05, 4.69) is 5.16 Å². The number of rotatable bonds is 1. The Kier molecular flexibility index (Phi) is 1.55. The Morgan fingerprint density at radius 1 is 1.54 bits per heavy atom. The summed E-state index contributed by atoms with van der Waals surface area (Å²) in [5, 5.41) is 4.60. The van der Waals surface area contributed by atoms with E-state index in [0.29, 0.717) is 16.8 Å². The van der Waals surface area contributed by atoms with Crippen LogP contribution in [0.3, 0.4) is 0 Å². The molecule has 0 aliphatic heterocycles. The van der Waals surface area contributed by atoms with Gasteiger partial charge in [0, 0.05) is 22.7 Å². The molecule has 0 aliphatic rings. The molecule has 1 aromatic heterocycles. The zero-order valence-corrected chi connectivity index (χ0v) is 7.07. The minimum absolute atomic E-state index is 0.415. The van der Waals surface area contributed by atoms with Gasteiger partial charge in [0.25, 0.3) is 0 Å². The van der Waals surface area contributed by atoms with Gasteiger partial charge in [0.15, 0.2) is 11.9 Å². The summed E-state index contributed by atoms with van der Waals surface area (Å²) in [7, 11) is 0. The Balaban J connectivity index is 2.84. The van der Waals surface area contributed by atoms with E-state index in [1.807, 2.05) is 6.92 Å². The molecular formula is C9H8N2O2. The Hall–Kier alpha value is -1.84. The van der Waals surface area contributed by atoms with E-state index >= 15 is 0 Å². The number of aryl methyl sites for hydroxylation is 1. The second-order valence-corrected chi connectivity index (χ2v) is 2.86. The maximum Gasteiger partial charge on any atom is 0.169 e. The normalized spacial score (nSPS) is 10.5. The first-order valence-electron chi connectivity index (χ1n) is 3.83. The summed E-state index contributed by atoms with van der Waals surface area (Å²) >= 11 is 0. The van der Waals surface area contributed by atoms with Crippen LogP contribution in [0.25, 0.3) is 11.0 Å². The van der Waals surface area contributed by atoms with E-state index < -0.39 is 0 Å². The number of anilines is 1. The smallest absolute Gasteiger partial charge is 0.169 e. The number of carbonyl (C=O) groups excluding carboxylic acids is 1. The molecule has 13 heavy (non-hydrogen) atoms. The second-order valence-electron chi connectivity index (χ2n) is 2.86. The molecule has 0 bridgehead atoms. The van der Waals surface area contributed by atoms with Crippen LogP contribution < -0.4 is 5.73 Å². The summed E-state index contributed by atoms with van der Waals surface area (Å²) in [6.07, 6.45) is 0.723. The van der Waals surface area contributed by atoms with Crippen molar-refractivity contribution in [3.05, 3.63) is 23.4 Å². The maximum atomic E-state index is 10.6. The second kappa shape index (κ2) is 2.58. The van der Waals surface area contributed by atoms with Gasteiger partial charge < -0.3 is 10.3 Å². The van der Waals surface area contributed by atoms with Crippen LogP contribution in [0.5, 0.6) is 0 Å². The number of hydrogen-bond acceptors (Lipinski definition) is 4. The van der Waals surface area contributed by atoms with Crippen LogP contribution in [0.4, 0.5) is 5.69 Å².